The number of nitrogens with zero attached hydrogens (tertiary/aromatic N) is 2. The van der Waals surface area contributed by atoms with Crippen LogP contribution in [-0.2, 0) is 4.74 Å². The Bertz CT molecular complexity index is 465. The third-order valence-electron chi connectivity index (χ3n) is 3.08. The number of anilines is 1. The van der Waals surface area contributed by atoms with Gasteiger partial charge < -0.3 is 19.9 Å². The van der Waals surface area contributed by atoms with Gasteiger partial charge in [-0.3, -0.25) is 4.79 Å². The Morgan fingerprint density at radius 3 is 3.32 bits per heavy atom. The molecule has 1 fully saturated rings. The van der Waals surface area contributed by atoms with Crippen molar-refractivity contribution in [2.24, 2.45) is 0 Å². The summed E-state index contributed by atoms with van der Waals surface area (Å²) in [6.07, 6.45) is 2.47. The van der Waals surface area contributed by atoms with Gasteiger partial charge in [-0.2, -0.15) is 0 Å². The first-order valence-corrected chi connectivity index (χ1v) is 6.90. The van der Waals surface area contributed by atoms with Crippen LogP contribution in [0.15, 0.2) is 11.1 Å². The number of halogens is 1. The summed E-state index contributed by atoms with van der Waals surface area (Å²) in [5.41, 5.74) is -0.307. The molecule has 1 aromatic heterocycles. The molecule has 1 aliphatic heterocycles. The molecule has 0 aliphatic carbocycles. The van der Waals surface area contributed by atoms with Crippen molar-refractivity contribution < 1.29 is 4.74 Å². The van der Waals surface area contributed by atoms with Crippen molar-refractivity contribution in [3.8, 4) is 0 Å². The van der Waals surface area contributed by atoms with Crippen molar-refractivity contribution in [3.05, 3.63) is 21.7 Å². The van der Waals surface area contributed by atoms with Gasteiger partial charge in [0, 0.05) is 13.1 Å². The van der Waals surface area contributed by atoms with Gasteiger partial charge in [0.15, 0.2) is 5.82 Å². The Hall–Kier alpha value is -1.11. The van der Waals surface area contributed by atoms with Gasteiger partial charge in [0.1, 0.15) is 5.02 Å². The third kappa shape index (κ3) is 3.46. The van der Waals surface area contributed by atoms with Crippen LogP contribution in [0, 0.1) is 0 Å². The van der Waals surface area contributed by atoms with Crippen molar-refractivity contribution in [2.75, 3.05) is 37.7 Å². The SMILES string of the molecule is CCCNCC1COCCN1c1nc[nH]c(=O)c1Cl. The highest BCUT2D eigenvalue weighted by Crippen LogP contribution is 2.22. The van der Waals surface area contributed by atoms with Crippen LogP contribution in [0.5, 0.6) is 0 Å². The second kappa shape index (κ2) is 6.88. The number of aromatic amines is 1. The first-order valence-electron chi connectivity index (χ1n) is 6.52. The van der Waals surface area contributed by atoms with E-state index in [1.165, 1.54) is 6.33 Å². The maximum absolute atomic E-state index is 11.5. The molecular weight excluding hydrogens is 268 g/mol. The molecule has 1 aliphatic rings. The number of rotatable bonds is 5. The van der Waals surface area contributed by atoms with Gasteiger partial charge in [-0.1, -0.05) is 18.5 Å². The summed E-state index contributed by atoms with van der Waals surface area (Å²) < 4.78 is 5.50. The molecule has 0 bridgehead atoms. The monoisotopic (exact) mass is 286 g/mol. The van der Waals surface area contributed by atoms with Gasteiger partial charge in [-0.15, -0.1) is 0 Å². The van der Waals surface area contributed by atoms with Crippen molar-refractivity contribution in [1.29, 1.82) is 0 Å². The number of nitrogens with one attached hydrogen (secondary N) is 2. The molecule has 1 atom stereocenters. The Balaban J connectivity index is 2.14. The summed E-state index contributed by atoms with van der Waals surface area (Å²) >= 11 is 6.04. The van der Waals surface area contributed by atoms with Crippen molar-refractivity contribution >= 4 is 17.4 Å². The molecule has 19 heavy (non-hydrogen) atoms. The van der Waals surface area contributed by atoms with Crippen molar-refractivity contribution in [2.45, 2.75) is 19.4 Å². The highest BCUT2D eigenvalue weighted by atomic mass is 35.5. The average Bonchev–Trinajstić information content (AvgIpc) is 2.43. The lowest BCUT2D eigenvalue weighted by atomic mass is 10.2. The van der Waals surface area contributed by atoms with Gasteiger partial charge in [-0.25, -0.2) is 4.98 Å². The van der Waals surface area contributed by atoms with E-state index in [2.05, 4.69) is 22.2 Å². The fraction of sp³-hybridized carbons (Fsp3) is 0.667. The van der Waals surface area contributed by atoms with Crippen LogP contribution in [0.1, 0.15) is 13.3 Å². The van der Waals surface area contributed by atoms with E-state index < -0.39 is 0 Å². The normalized spacial score (nSPS) is 19.7. The Morgan fingerprint density at radius 2 is 2.53 bits per heavy atom. The molecular formula is C12H19ClN4O2. The Morgan fingerprint density at radius 1 is 1.68 bits per heavy atom. The maximum Gasteiger partial charge on any atom is 0.271 e. The fourth-order valence-corrected chi connectivity index (χ4v) is 2.33. The molecule has 0 spiro atoms. The lowest BCUT2D eigenvalue weighted by Crippen LogP contribution is -2.51. The molecule has 0 amide bonds. The maximum atomic E-state index is 11.5. The zero-order valence-electron chi connectivity index (χ0n) is 11.0. The van der Waals surface area contributed by atoms with Crippen LogP contribution in [-0.4, -0.2) is 48.9 Å². The zero-order chi connectivity index (χ0) is 13.7. The van der Waals surface area contributed by atoms with Gasteiger partial charge >= 0.3 is 0 Å². The first-order chi connectivity index (χ1) is 9.24. The quantitative estimate of drug-likeness (QED) is 0.777. The predicted molar refractivity (Wildman–Crippen MR) is 75.0 cm³/mol. The van der Waals surface area contributed by atoms with E-state index in [1.54, 1.807) is 0 Å². The van der Waals surface area contributed by atoms with Crippen molar-refractivity contribution in [3.63, 3.8) is 0 Å². The summed E-state index contributed by atoms with van der Waals surface area (Å²) in [4.78, 5) is 20.3. The predicted octanol–water partition coefficient (Wildman–Crippen LogP) is 0.628. The molecule has 7 heteroatoms. The van der Waals surface area contributed by atoms with E-state index in [-0.39, 0.29) is 16.6 Å². The standard InChI is InChI=1S/C12H19ClN4O2/c1-2-3-14-6-9-7-19-5-4-17(9)11-10(13)12(18)16-8-15-11/h8-9,14H,2-7H2,1H3,(H,15,16,18). The molecule has 2 rings (SSSR count). The fourth-order valence-electron chi connectivity index (χ4n) is 2.12. The first kappa shape index (κ1) is 14.3. The van der Waals surface area contributed by atoms with Crippen LogP contribution in [0.3, 0.4) is 0 Å². The lowest BCUT2D eigenvalue weighted by Gasteiger charge is -2.36. The smallest absolute Gasteiger partial charge is 0.271 e. The molecule has 0 radical (unpaired) electrons. The molecule has 1 unspecified atom stereocenters. The van der Waals surface area contributed by atoms with Crippen LogP contribution in [0.4, 0.5) is 5.82 Å². The summed E-state index contributed by atoms with van der Waals surface area (Å²) in [5.74, 6) is 0.539. The molecule has 2 N–H and O–H groups in total. The minimum Gasteiger partial charge on any atom is -0.377 e. The van der Waals surface area contributed by atoms with Crippen molar-refractivity contribution in [1.82, 2.24) is 15.3 Å². The van der Waals surface area contributed by atoms with Crippen LogP contribution < -0.4 is 15.8 Å². The molecule has 1 saturated heterocycles. The van der Waals surface area contributed by atoms with Crippen LogP contribution in [0.25, 0.3) is 0 Å². The summed E-state index contributed by atoms with van der Waals surface area (Å²) in [6.45, 7) is 5.79. The number of morpholine rings is 1. The molecule has 2 heterocycles. The van der Waals surface area contributed by atoms with Crippen LogP contribution >= 0.6 is 11.6 Å². The van der Waals surface area contributed by atoms with E-state index >= 15 is 0 Å². The van der Waals surface area contributed by atoms with Gasteiger partial charge in [0.2, 0.25) is 0 Å². The topological polar surface area (TPSA) is 70.2 Å². The second-order valence-electron chi connectivity index (χ2n) is 4.50. The highest BCUT2D eigenvalue weighted by Gasteiger charge is 2.26. The minimum atomic E-state index is -0.307. The van der Waals surface area contributed by atoms with Gasteiger partial charge in [-0.05, 0) is 13.0 Å². The lowest BCUT2D eigenvalue weighted by molar-refractivity contribution is 0.0934. The summed E-state index contributed by atoms with van der Waals surface area (Å²) in [7, 11) is 0. The molecule has 0 aromatic carbocycles. The molecule has 6 nitrogen and oxygen atoms in total. The number of hydrogen-bond acceptors (Lipinski definition) is 5. The van der Waals surface area contributed by atoms with E-state index in [4.69, 9.17) is 16.3 Å². The molecule has 0 saturated carbocycles. The zero-order valence-corrected chi connectivity index (χ0v) is 11.7. The highest BCUT2D eigenvalue weighted by molar-refractivity contribution is 6.32. The van der Waals surface area contributed by atoms with Crippen LogP contribution in [0.2, 0.25) is 5.02 Å². The molecule has 1 aromatic rings. The Kier molecular flexibility index (Phi) is 5.18. The Labute approximate surface area is 117 Å². The number of ether oxygens (including phenoxy) is 1. The van der Waals surface area contributed by atoms with Gasteiger partial charge in [0.05, 0.1) is 25.6 Å². The number of H-pyrrole nitrogens is 1. The second-order valence-corrected chi connectivity index (χ2v) is 4.87. The van der Waals surface area contributed by atoms with Gasteiger partial charge in [0.25, 0.3) is 5.56 Å². The molecule has 106 valence electrons. The van der Waals surface area contributed by atoms with E-state index in [0.29, 0.717) is 25.6 Å². The number of aromatic nitrogens is 2. The van der Waals surface area contributed by atoms with E-state index in [0.717, 1.165) is 19.5 Å². The summed E-state index contributed by atoms with van der Waals surface area (Å²) in [6, 6.07) is 0.145. The summed E-state index contributed by atoms with van der Waals surface area (Å²) in [5, 5.41) is 3.50. The minimum absolute atomic E-state index is 0.143. The average molecular weight is 287 g/mol. The number of hydrogen-bond donors (Lipinski definition) is 2. The third-order valence-corrected chi connectivity index (χ3v) is 3.43. The largest absolute Gasteiger partial charge is 0.377 e. The van der Waals surface area contributed by atoms with E-state index in [9.17, 15) is 4.79 Å². The van der Waals surface area contributed by atoms with E-state index in [1.807, 2.05) is 4.90 Å².